The van der Waals surface area contributed by atoms with Crippen molar-refractivity contribution in [3.8, 4) is 0 Å². The van der Waals surface area contributed by atoms with Gasteiger partial charge in [-0.05, 0) is 0 Å². The molecule has 0 aromatic rings. The molecule has 0 spiro atoms. The fourth-order valence-electron chi connectivity index (χ4n) is 0. The molecule has 0 nitrogen and oxygen atoms in total. The van der Waals surface area contributed by atoms with Crippen LogP contribution in [0, 0.1) is 0 Å². The third kappa shape index (κ3) is 23.4. The molecular weight excluding hydrogens is 346 g/mol. The summed E-state index contributed by atoms with van der Waals surface area (Å²) >= 11 is 0. The molecule has 0 bridgehead atoms. The van der Waals surface area contributed by atoms with Crippen molar-refractivity contribution in [2.24, 2.45) is 0 Å². The zero-order chi connectivity index (χ0) is 0. The van der Waals surface area contributed by atoms with E-state index in [2.05, 4.69) is 0 Å². The molecule has 0 aliphatic rings. The second-order valence-electron chi connectivity index (χ2n) is 0. The minimum atomic E-state index is 0. The summed E-state index contributed by atoms with van der Waals surface area (Å²) in [6.45, 7) is 0. The normalized spacial score (nSPS) is 0. The first kappa shape index (κ1) is 45.9. The molecule has 0 unspecified atom stereocenters. The van der Waals surface area contributed by atoms with E-state index in [1.807, 2.05) is 0 Å². The van der Waals surface area contributed by atoms with Gasteiger partial charge in [0.1, 0.15) is 0 Å². The maximum absolute atomic E-state index is 0. The molecule has 0 amide bonds. The van der Waals surface area contributed by atoms with Crippen molar-refractivity contribution < 1.29 is 70.4 Å². The number of hydrogen-bond acceptors (Lipinski definition) is 0. The van der Waals surface area contributed by atoms with Crippen molar-refractivity contribution in [1.82, 2.24) is 0 Å². The van der Waals surface area contributed by atoms with Crippen LogP contribution in [0.2, 0.25) is 0 Å². The smallest absolute Gasteiger partial charge is 0 e. The van der Waals surface area contributed by atoms with Crippen LogP contribution in [-0.4, -0.2) is 75.0 Å². The third-order valence-electron chi connectivity index (χ3n) is 0. The Hall–Kier alpha value is 4.65. The van der Waals surface area contributed by atoms with E-state index in [0.717, 1.165) is 0 Å². The van der Waals surface area contributed by atoms with Gasteiger partial charge in [0.05, 0.1) is 0 Å². The topological polar surface area (TPSA) is 0 Å². The van der Waals surface area contributed by atoms with Crippen LogP contribution >= 0.6 is 0 Å². The monoisotopic (exact) mass is 345 g/mol. The molecule has 6 heteroatoms. The first-order valence-electron chi connectivity index (χ1n) is 0. The van der Waals surface area contributed by atoms with E-state index >= 15 is 0 Å². The van der Waals surface area contributed by atoms with Crippen molar-refractivity contribution >= 4 is 75.0 Å². The molecular formula is CoFeMnNaSrZn. The molecule has 0 heterocycles. The minimum Gasteiger partial charge on any atom is 0 e. The molecule has 0 atom stereocenters. The van der Waals surface area contributed by atoms with E-state index in [1.54, 1.807) is 0 Å². The van der Waals surface area contributed by atoms with Crippen LogP contribution < -0.4 is 0 Å². The van der Waals surface area contributed by atoms with Crippen LogP contribution in [0.15, 0.2) is 0 Å². The van der Waals surface area contributed by atoms with Crippen LogP contribution in [0.4, 0.5) is 0 Å². The van der Waals surface area contributed by atoms with Crippen LogP contribution in [0.3, 0.4) is 0 Å². The predicted octanol–water partition coefficient (Wildman–Crippen LogP) is -0.772. The molecule has 6 heavy (non-hydrogen) atoms. The van der Waals surface area contributed by atoms with Crippen molar-refractivity contribution in [1.29, 1.82) is 0 Å². The van der Waals surface area contributed by atoms with Gasteiger partial charge in [0.15, 0.2) is 0 Å². The molecule has 29 valence electrons. The molecule has 0 aromatic heterocycles. The first-order valence-corrected chi connectivity index (χ1v) is 0. The van der Waals surface area contributed by atoms with Crippen molar-refractivity contribution in [3.05, 3.63) is 0 Å². The van der Waals surface area contributed by atoms with E-state index in [9.17, 15) is 0 Å². The standard InChI is InChI=1S/Co.Fe.Mn.Na.Sr.Zn. The van der Waals surface area contributed by atoms with E-state index in [1.165, 1.54) is 0 Å². The Labute approximate surface area is 142 Å². The van der Waals surface area contributed by atoms with E-state index in [-0.39, 0.29) is 145 Å². The zero-order valence-electron chi connectivity index (χ0n) is 3.48. The molecule has 5 radical (unpaired) electrons. The molecule has 0 fully saturated rings. The SMILES string of the molecule is [Co].[Fe].[Mn].[Na].[Sr].[Zn]. The van der Waals surface area contributed by atoms with Gasteiger partial charge in [-0.1, -0.05) is 0 Å². The summed E-state index contributed by atoms with van der Waals surface area (Å²) in [4.78, 5) is 0. The fraction of sp³-hybridized carbons (Fsp3) is 0. The van der Waals surface area contributed by atoms with E-state index < -0.39 is 0 Å². The van der Waals surface area contributed by atoms with Gasteiger partial charge in [0.2, 0.25) is 0 Å². The Morgan fingerprint density at radius 1 is 1.00 bits per heavy atom. The fourth-order valence-corrected chi connectivity index (χ4v) is 0. The second kappa shape index (κ2) is 33.4. The van der Waals surface area contributed by atoms with E-state index in [0.29, 0.717) is 0 Å². The van der Waals surface area contributed by atoms with Crippen molar-refractivity contribution in [3.63, 3.8) is 0 Å². The molecule has 0 aromatic carbocycles. The maximum Gasteiger partial charge on any atom is 0 e. The summed E-state index contributed by atoms with van der Waals surface area (Å²) in [7, 11) is 0. The van der Waals surface area contributed by atoms with Gasteiger partial charge < -0.3 is 0 Å². The first-order chi connectivity index (χ1) is 0. The van der Waals surface area contributed by atoms with E-state index in [4.69, 9.17) is 0 Å². The van der Waals surface area contributed by atoms with Crippen molar-refractivity contribution in [2.75, 3.05) is 0 Å². The maximum atomic E-state index is 0. The number of rotatable bonds is 0. The summed E-state index contributed by atoms with van der Waals surface area (Å²) in [5.41, 5.74) is 0. The predicted molar refractivity (Wildman–Crippen MR) is 11.5 cm³/mol. The Morgan fingerprint density at radius 2 is 1.00 bits per heavy atom. The molecule has 0 N–H and O–H groups in total. The molecule has 0 rings (SSSR count). The summed E-state index contributed by atoms with van der Waals surface area (Å²) in [5, 5.41) is 0. The van der Waals surface area contributed by atoms with Gasteiger partial charge in [-0.3, -0.25) is 0 Å². The van der Waals surface area contributed by atoms with Gasteiger partial charge in [-0.2, -0.15) is 0 Å². The van der Waals surface area contributed by atoms with Crippen molar-refractivity contribution in [2.45, 2.75) is 0 Å². The minimum absolute atomic E-state index is 0. The molecule has 0 aliphatic heterocycles. The van der Waals surface area contributed by atoms with Gasteiger partial charge in [0, 0.05) is 145 Å². The quantitative estimate of drug-likeness (QED) is 0.506. The van der Waals surface area contributed by atoms with Crippen LogP contribution in [0.25, 0.3) is 0 Å². The Kier molecular flexibility index (Phi) is 255. The van der Waals surface area contributed by atoms with Crippen LogP contribution in [-0.2, 0) is 70.4 Å². The van der Waals surface area contributed by atoms with Gasteiger partial charge in [-0.25, -0.2) is 0 Å². The largest absolute Gasteiger partial charge is 0 e. The van der Waals surface area contributed by atoms with Crippen LogP contribution in [0.1, 0.15) is 0 Å². The van der Waals surface area contributed by atoms with Gasteiger partial charge in [-0.15, -0.1) is 0 Å². The Balaban J connectivity index is 0. The third-order valence-corrected chi connectivity index (χ3v) is 0. The van der Waals surface area contributed by atoms with Gasteiger partial charge >= 0.3 is 0 Å². The molecule has 0 aliphatic carbocycles. The molecule has 0 saturated heterocycles. The Bertz CT molecular complexity index is 15.5. The summed E-state index contributed by atoms with van der Waals surface area (Å²) in [5.74, 6) is 0. The van der Waals surface area contributed by atoms with Gasteiger partial charge in [0.25, 0.3) is 0 Å². The zero-order valence-corrected chi connectivity index (χ0v) is 15.2. The second-order valence-corrected chi connectivity index (χ2v) is 0. The summed E-state index contributed by atoms with van der Waals surface area (Å²) < 4.78 is 0. The number of hydrogen-bond donors (Lipinski definition) is 0. The Morgan fingerprint density at radius 3 is 1.00 bits per heavy atom. The average molecular weight is 346 g/mol. The summed E-state index contributed by atoms with van der Waals surface area (Å²) in [6, 6.07) is 0. The molecule has 0 saturated carbocycles. The summed E-state index contributed by atoms with van der Waals surface area (Å²) in [6.07, 6.45) is 0. The average Bonchev–Trinajstić information content (AvgIpc) is 0. The van der Waals surface area contributed by atoms with Crippen LogP contribution in [0.5, 0.6) is 0 Å².